The minimum atomic E-state index is -0.256. The fourth-order valence-electron chi connectivity index (χ4n) is 2.48. The molecule has 20 heavy (non-hydrogen) atoms. The summed E-state index contributed by atoms with van der Waals surface area (Å²) in [7, 11) is 0. The van der Waals surface area contributed by atoms with Gasteiger partial charge in [0, 0.05) is 10.9 Å². The van der Waals surface area contributed by atoms with Gasteiger partial charge < -0.3 is 9.73 Å². The molecule has 0 aliphatic carbocycles. The van der Waals surface area contributed by atoms with Crippen LogP contribution in [0.5, 0.6) is 0 Å². The molecule has 2 nitrogen and oxygen atoms in total. The molecule has 102 valence electrons. The van der Waals surface area contributed by atoms with Crippen LogP contribution in [0.4, 0.5) is 10.1 Å². The summed E-state index contributed by atoms with van der Waals surface area (Å²) in [6, 6.07) is 14.5. The Morgan fingerprint density at radius 2 is 1.75 bits per heavy atom. The summed E-state index contributed by atoms with van der Waals surface area (Å²) >= 11 is 0. The monoisotopic (exact) mass is 269 g/mol. The molecule has 0 aliphatic heterocycles. The zero-order chi connectivity index (χ0) is 14.1. The molecule has 3 rings (SSSR count). The van der Waals surface area contributed by atoms with E-state index in [0.717, 1.165) is 22.3 Å². The maximum Gasteiger partial charge on any atom is 0.146 e. The number of anilines is 1. The highest BCUT2D eigenvalue weighted by Gasteiger charge is 2.17. The summed E-state index contributed by atoms with van der Waals surface area (Å²) < 4.78 is 19.6. The molecule has 0 aliphatic rings. The van der Waals surface area contributed by atoms with Gasteiger partial charge in [0.15, 0.2) is 0 Å². The highest BCUT2D eigenvalue weighted by atomic mass is 19.1. The van der Waals surface area contributed by atoms with E-state index in [2.05, 4.69) is 5.32 Å². The first-order valence-corrected chi connectivity index (χ1v) is 6.66. The Bertz CT molecular complexity index is 748. The molecule has 0 radical (unpaired) electrons. The number of halogens is 1. The van der Waals surface area contributed by atoms with Crippen LogP contribution in [0.15, 0.2) is 52.9 Å². The number of fused-ring (bicyclic) bond motifs is 1. The number of furan rings is 1. The molecule has 0 saturated carbocycles. The molecule has 0 spiro atoms. The predicted molar refractivity (Wildman–Crippen MR) is 79.4 cm³/mol. The molecule has 1 aromatic heterocycles. The Kier molecular flexibility index (Phi) is 3.18. The van der Waals surface area contributed by atoms with Gasteiger partial charge in [0.1, 0.15) is 17.2 Å². The van der Waals surface area contributed by atoms with E-state index in [1.807, 2.05) is 44.2 Å². The Labute approximate surface area is 117 Å². The van der Waals surface area contributed by atoms with Gasteiger partial charge in [0.2, 0.25) is 0 Å². The van der Waals surface area contributed by atoms with Crippen LogP contribution in [-0.4, -0.2) is 0 Å². The minimum absolute atomic E-state index is 0.0979. The number of benzene rings is 2. The first kappa shape index (κ1) is 12.7. The molecule has 1 heterocycles. The molecule has 0 bridgehead atoms. The molecule has 0 amide bonds. The fraction of sp³-hybridized carbons (Fsp3) is 0.176. The van der Waals surface area contributed by atoms with Crippen molar-refractivity contribution >= 4 is 16.7 Å². The third kappa shape index (κ3) is 2.16. The summed E-state index contributed by atoms with van der Waals surface area (Å²) in [6.07, 6.45) is 0. The largest absolute Gasteiger partial charge is 0.459 e. The Balaban J connectivity index is 1.95. The number of rotatable bonds is 3. The number of nitrogens with one attached hydrogen (secondary N) is 1. The number of para-hydroxylation sites is 2. The summed E-state index contributed by atoms with van der Waals surface area (Å²) in [5.41, 5.74) is 2.44. The Hall–Kier alpha value is -2.29. The van der Waals surface area contributed by atoms with Crippen molar-refractivity contribution < 1.29 is 8.81 Å². The van der Waals surface area contributed by atoms with Crippen molar-refractivity contribution in [1.29, 1.82) is 0 Å². The third-order valence-corrected chi connectivity index (χ3v) is 3.52. The molecule has 3 heteroatoms. The van der Waals surface area contributed by atoms with E-state index in [1.165, 1.54) is 6.07 Å². The van der Waals surface area contributed by atoms with Crippen molar-refractivity contribution in [2.45, 2.75) is 19.9 Å². The van der Waals surface area contributed by atoms with Crippen molar-refractivity contribution in [2.24, 2.45) is 0 Å². The second kappa shape index (κ2) is 5.00. The van der Waals surface area contributed by atoms with Crippen LogP contribution in [-0.2, 0) is 0 Å². The van der Waals surface area contributed by atoms with Crippen LogP contribution < -0.4 is 5.32 Å². The van der Waals surface area contributed by atoms with E-state index in [1.54, 1.807) is 12.1 Å². The summed E-state index contributed by atoms with van der Waals surface area (Å²) in [4.78, 5) is 0. The van der Waals surface area contributed by atoms with Gasteiger partial charge in [0.05, 0.1) is 11.7 Å². The first-order chi connectivity index (χ1) is 9.66. The van der Waals surface area contributed by atoms with E-state index in [0.29, 0.717) is 5.69 Å². The molecular weight excluding hydrogens is 253 g/mol. The van der Waals surface area contributed by atoms with E-state index >= 15 is 0 Å². The van der Waals surface area contributed by atoms with Gasteiger partial charge in [-0.25, -0.2) is 4.39 Å². The lowest BCUT2D eigenvalue weighted by molar-refractivity contribution is 0.520. The Morgan fingerprint density at radius 3 is 2.50 bits per heavy atom. The van der Waals surface area contributed by atoms with Crippen molar-refractivity contribution in [3.63, 3.8) is 0 Å². The lowest BCUT2D eigenvalue weighted by Crippen LogP contribution is -2.08. The molecule has 1 atom stereocenters. The lowest BCUT2D eigenvalue weighted by Gasteiger charge is -2.14. The standard InChI is InChI=1S/C17H16FNO/c1-11-13-7-3-6-10-16(13)20-17(11)12(2)19-15-9-5-4-8-14(15)18/h3-10,12,19H,1-2H3. The predicted octanol–water partition coefficient (Wildman–Crippen LogP) is 5.05. The van der Waals surface area contributed by atoms with E-state index in [4.69, 9.17) is 4.42 Å². The molecule has 3 aromatic rings. The first-order valence-electron chi connectivity index (χ1n) is 6.66. The van der Waals surface area contributed by atoms with Crippen LogP contribution in [0, 0.1) is 12.7 Å². The normalized spacial score (nSPS) is 12.6. The second-order valence-electron chi connectivity index (χ2n) is 4.93. The number of aryl methyl sites for hydroxylation is 1. The smallest absolute Gasteiger partial charge is 0.146 e. The average Bonchev–Trinajstić information content (AvgIpc) is 2.79. The zero-order valence-electron chi connectivity index (χ0n) is 11.5. The maximum atomic E-state index is 13.7. The van der Waals surface area contributed by atoms with Gasteiger partial charge in [-0.2, -0.15) is 0 Å². The second-order valence-corrected chi connectivity index (χ2v) is 4.93. The van der Waals surface area contributed by atoms with Gasteiger partial charge in [-0.1, -0.05) is 30.3 Å². The van der Waals surface area contributed by atoms with Crippen molar-refractivity contribution in [3.8, 4) is 0 Å². The van der Waals surface area contributed by atoms with Gasteiger partial charge >= 0.3 is 0 Å². The average molecular weight is 269 g/mol. The molecule has 2 aromatic carbocycles. The van der Waals surface area contributed by atoms with Crippen LogP contribution in [0.1, 0.15) is 24.3 Å². The summed E-state index contributed by atoms with van der Waals surface area (Å²) in [5.74, 6) is 0.586. The Morgan fingerprint density at radius 1 is 1.05 bits per heavy atom. The quantitative estimate of drug-likeness (QED) is 0.719. The van der Waals surface area contributed by atoms with Crippen LogP contribution in [0.2, 0.25) is 0 Å². The van der Waals surface area contributed by atoms with Gasteiger partial charge in [-0.15, -0.1) is 0 Å². The van der Waals surface area contributed by atoms with E-state index < -0.39 is 0 Å². The summed E-state index contributed by atoms with van der Waals surface area (Å²) in [6.45, 7) is 4.00. The zero-order valence-corrected chi connectivity index (χ0v) is 11.5. The SMILES string of the molecule is Cc1c(C(C)Nc2ccccc2F)oc2ccccc12. The molecular formula is C17H16FNO. The number of hydrogen-bond acceptors (Lipinski definition) is 2. The highest BCUT2D eigenvalue weighted by Crippen LogP contribution is 2.31. The van der Waals surface area contributed by atoms with E-state index in [-0.39, 0.29) is 11.9 Å². The van der Waals surface area contributed by atoms with Crippen molar-refractivity contribution in [2.75, 3.05) is 5.32 Å². The number of hydrogen-bond donors (Lipinski definition) is 1. The van der Waals surface area contributed by atoms with Crippen LogP contribution >= 0.6 is 0 Å². The molecule has 1 unspecified atom stereocenters. The third-order valence-electron chi connectivity index (χ3n) is 3.52. The van der Waals surface area contributed by atoms with Gasteiger partial charge in [-0.3, -0.25) is 0 Å². The summed E-state index contributed by atoms with van der Waals surface area (Å²) in [5, 5.41) is 4.26. The lowest BCUT2D eigenvalue weighted by atomic mass is 10.1. The molecule has 1 N–H and O–H groups in total. The van der Waals surface area contributed by atoms with E-state index in [9.17, 15) is 4.39 Å². The topological polar surface area (TPSA) is 25.2 Å². The van der Waals surface area contributed by atoms with Gasteiger partial charge in [-0.05, 0) is 32.0 Å². The highest BCUT2D eigenvalue weighted by molar-refractivity contribution is 5.82. The molecule has 0 fully saturated rings. The maximum absolute atomic E-state index is 13.7. The molecule has 0 saturated heterocycles. The van der Waals surface area contributed by atoms with Gasteiger partial charge in [0.25, 0.3) is 0 Å². The van der Waals surface area contributed by atoms with Crippen LogP contribution in [0.3, 0.4) is 0 Å². The fourth-order valence-corrected chi connectivity index (χ4v) is 2.48. The minimum Gasteiger partial charge on any atom is -0.459 e. The van der Waals surface area contributed by atoms with Crippen LogP contribution in [0.25, 0.3) is 11.0 Å². The van der Waals surface area contributed by atoms with Crippen molar-refractivity contribution in [3.05, 3.63) is 65.7 Å². The van der Waals surface area contributed by atoms with Crippen molar-refractivity contribution in [1.82, 2.24) is 0 Å².